The minimum Gasteiger partial charge on any atom is -0.428 e. The van der Waals surface area contributed by atoms with E-state index in [0.29, 0.717) is 45.4 Å². The molecule has 0 saturated carbocycles. The third-order valence-electron chi connectivity index (χ3n) is 6.20. The second kappa shape index (κ2) is 12.0. The van der Waals surface area contributed by atoms with Gasteiger partial charge in [-0.3, -0.25) is 0 Å². The van der Waals surface area contributed by atoms with Crippen molar-refractivity contribution in [2.75, 3.05) is 0 Å². The molecule has 0 unspecified atom stereocenters. The molecule has 4 rings (SSSR count). The Morgan fingerprint density at radius 2 is 0.838 bits per heavy atom. The van der Waals surface area contributed by atoms with Gasteiger partial charge >= 0.3 is 0 Å². The zero-order valence-electron chi connectivity index (χ0n) is 20.1. The Balaban J connectivity index is 2.30. The maximum absolute atomic E-state index is 5.86. The van der Waals surface area contributed by atoms with Gasteiger partial charge in [-0.2, -0.15) is 0 Å². The summed E-state index contributed by atoms with van der Waals surface area (Å²) in [5.41, 5.74) is 6.87. The molecule has 0 aliphatic heterocycles. The lowest BCUT2D eigenvalue weighted by molar-refractivity contribution is 0.635. The first-order valence-corrected chi connectivity index (χ1v) is 12.8. The molecule has 0 N–H and O–H groups in total. The van der Waals surface area contributed by atoms with Crippen molar-refractivity contribution in [3.63, 3.8) is 0 Å². The highest BCUT2D eigenvalue weighted by molar-refractivity contribution is 7.76. The Bertz CT molecular complexity index is 1460. The molecule has 0 saturated heterocycles. The Morgan fingerprint density at radius 3 is 1.27 bits per heavy atom. The van der Waals surface area contributed by atoms with Gasteiger partial charge in [-0.1, -0.05) is 36.4 Å². The van der Waals surface area contributed by atoms with E-state index in [-0.39, 0.29) is 0 Å². The van der Waals surface area contributed by atoms with E-state index in [2.05, 4.69) is 64.5 Å². The zero-order valence-corrected chi connectivity index (χ0v) is 24.5. The average Bonchev–Trinajstić information content (AvgIpc) is 2.91. The van der Waals surface area contributed by atoms with E-state index < -0.39 is 0 Å². The molecule has 0 atom stereocenters. The molecule has 4 aromatic rings. The van der Waals surface area contributed by atoms with Crippen LogP contribution in [0.2, 0.25) is 0 Å². The van der Waals surface area contributed by atoms with Gasteiger partial charge in [-0.15, -0.1) is 0 Å². The normalized spacial score (nSPS) is 10.7. The van der Waals surface area contributed by atoms with Crippen LogP contribution in [0, 0.1) is 20.8 Å². The maximum Gasteiger partial charge on any atom is 0.153 e. The maximum atomic E-state index is 5.86. The SMILES string of the molecule is Cc1cccc(OS)c1-c1cc(OS)c(-c2c(C)cccc2OS)c(-c2c(C)cccc2OS)c1OS. The van der Waals surface area contributed by atoms with E-state index in [1.54, 1.807) is 0 Å². The number of thiol groups is 5. The number of aryl methyl sites for hydroxylation is 3. The van der Waals surface area contributed by atoms with Gasteiger partial charge in [0, 0.05) is 97.9 Å². The fraction of sp³-hybridized carbons (Fsp3) is 0.111. The van der Waals surface area contributed by atoms with Crippen LogP contribution in [0.5, 0.6) is 28.7 Å². The Hall–Kier alpha value is -2.37. The van der Waals surface area contributed by atoms with E-state index >= 15 is 0 Å². The molecule has 0 aliphatic carbocycles. The van der Waals surface area contributed by atoms with Gasteiger partial charge in [-0.05, 0) is 61.7 Å². The minimum atomic E-state index is 0.433. The van der Waals surface area contributed by atoms with Crippen molar-refractivity contribution in [1.29, 1.82) is 0 Å². The molecule has 0 fully saturated rings. The molecule has 192 valence electrons. The van der Waals surface area contributed by atoms with Crippen LogP contribution in [-0.2, 0) is 0 Å². The Morgan fingerprint density at radius 1 is 0.432 bits per heavy atom. The van der Waals surface area contributed by atoms with E-state index in [4.69, 9.17) is 20.9 Å². The average molecular weight is 589 g/mol. The molecule has 0 aromatic heterocycles. The lowest BCUT2D eigenvalue weighted by atomic mass is 9.84. The van der Waals surface area contributed by atoms with Gasteiger partial charge in [-0.25, -0.2) is 0 Å². The summed E-state index contributed by atoms with van der Waals surface area (Å²) in [6, 6.07) is 18.8. The highest BCUT2D eigenvalue weighted by Gasteiger charge is 2.30. The van der Waals surface area contributed by atoms with Crippen molar-refractivity contribution in [2.45, 2.75) is 20.8 Å². The number of rotatable bonds is 8. The molecule has 10 heteroatoms. The Labute approximate surface area is 244 Å². The molecule has 0 aliphatic rings. The van der Waals surface area contributed by atoms with Crippen LogP contribution >= 0.6 is 64.5 Å². The minimum absolute atomic E-state index is 0.433. The molecular formula is C27H24O5S5. The topological polar surface area (TPSA) is 46.2 Å². The second-order valence-corrected chi connectivity index (χ2v) is 9.21. The predicted molar refractivity (Wildman–Crippen MR) is 165 cm³/mol. The fourth-order valence-corrected chi connectivity index (χ4v) is 5.41. The molecule has 0 heterocycles. The van der Waals surface area contributed by atoms with Crippen molar-refractivity contribution >= 4 is 64.5 Å². The van der Waals surface area contributed by atoms with E-state index in [9.17, 15) is 0 Å². The summed E-state index contributed by atoms with van der Waals surface area (Å²) in [6.45, 7) is 5.90. The van der Waals surface area contributed by atoms with Crippen LogP contribution in [0.1, 0.15) is 16.7 Å². The summed E-state index contributed by atoms with van der Waals surface area (Å²) < 4.78 is 28.0. The zero-order chi connectivity index (χ0) is 26.7. The van der Waals surface area contributed by atoms with Crippen LogP contribution in [-0.4, -0.2) is 0 Å². The lowest BCUT2D eigenvalue weighted by Crippen LogP contribution is -2.01. The van der Waals surface area contributed by atoms with Gasteiger partial charge in [0.1, 0.15) is 23.0 Å². The molecule has 0 amide bonds. The van der Waals surface area contributed by atoms with Gasteiger partial charge in [0.15, 0.2) is 5.75 Å². The summed E-state index contributed by atoms with van der Waals surface area (Å²) >= 11 is 20.9. The predicted octanol–water partition coefficient (Wildman–Crippen LogP) is 8.73. The Kier molecular flexibility index (Phi) is 8.97. The van der Waals surface area contributed by atoms with E-state index in [1.165, 1.54) is 0 Å². The first-order valence-electron chi connectivity index (χ1n) is 11.0. The highest BCUT2D eigenvalue weighted by atomic mass is 32.1. The second-order valence-electron chi connectivity index (χ2n) is 8.30. The number of hydrogen-bond acceptors (Lipinski definition) is 10. The summed E-state index contributed by atoms with van der Waals surface area (Å²) in [5, 5.41) is 0. The summed E-state index contributed by atoms with van der Waals surface area (Å²) in [4.78, 5) is 0. The highest BCUT2D eigenvalue weighted by Crippen LogP contribution is 2.56. The lowest BCUT2D eigenvalue weighted by Gasteiger charge is -2.25. The summed E-state index contributed by atoms with van der Waals surface area (Å²) in [7, 11) is 0. The van der Waals surface area contributed by atoms with Crippen molar-refractivity contribution in [2.24, 2.45) is 0 Å². The van der Waals surface area contributed by atoms with Gasteiger partial charge < -0.3 is 20.9 Å². The van der Waals surface area contributed by atoms with E-state index in [1.807, 2.05) is 81.4 Å². The van der Waals surface area contributed by atoms with Crippen molar-refractivity contribution in [3.8, 4) is 62.1 Å². The molecule has 5 nitrogen and oxygen atoms in total. The van der Waals surface area contributed by atoms with Gasteiger partial charge in [0.05, 0.1) is 0 Å². The molecule has 0 spiro atoms. The van der Waals surface area contributed by atoms with Crippen molar-refractivity contribution < 1.29 is 20.9 Å². The smallest absolute Gasteiger partial charge is 0.153 e. The fourth-order valence-electron chi connectivity index (χ4n) is 4.62. The standard InChI is InChI=1S/C27H24O5S5/c1-14-7-4-10-18(28-33)22(14)17-13-21(31-36)25(23-15(2)8-5-11-19(23)29-34)26(27(17)32-37)24-16(3)9-6-12-20(24)30-35/h4-13,33-37H,1-3H3. The van der Waals surface area contributed by atoms with Crippen LogP contribution in [0.3, 0.4) is 0 Å². The molecule has 4 aromatic carbocycles. The first kappa shape index (κ1) is 27.7. The molecular weight excluding hydrogens is 565 g/mol. The van der Waals surface area contributed by atoms with Crippen molar-refractivity contribution in [3.05, 3.63) is 77.4 Å². The summed E-state index contributed by atoms with van der Waals surface area (Å²) in [6.07, 6.45) is 0. The van der Waals surface area contributed by atoms with Gasteiger partial charge in [0.25, 0.3) is 0 Å². The number of benzene rings is 4. The van der Waals surface area contributed by atoms with Crippen LogP contribution in [0.25, 0.3) is 33.4 Å². The summed E-state index contributed by atoms with van der Waals surface area (Å²) in [5.74, 6) is 2.43. The van der Waals surface area contributed by atoms with Crippen LogP contribution < -0.4 is 20.9 Å². The largest absolute Gasteiger partial charge is 0.428 e. The number of hydrogen-bond donors (Lipinski definition) is 5. The third kappa shape index (κ3) is 5.05. The quantitative estimate of drug-likeness (QED) is 0.105. The third-order valence-corrected chi connectivity index (χ3v) is 7.17. The first-order chi connectivity index (χ1) is 17.9. The van der Waals surface area contributed by atoms with Crippen LogP contribution in [0.15, 0.2) is 60.7 Å². The molecule has 0 radical (unpaired) electrons. The van der Waals surface area contributed by atoms with Gasteiger partial charge in [0.2, 0.25) is 0 Å². The monoisotopic (exact) mass is 588 g/mol. The van der Waals surface area contributed by atoms with E-state index in [0.717, 1.165) is 33.4 Å². The molecule has 0 bridgehead atoms. The van der Waals surface area contributed by atoms with Crippen molar-refractivity contribution in [1.82, 2.24) is 0 Å². The molecule has 37 heavy (non-hydrogen) atoms. The van der Waals surface area contributed by atoms with Crippen LogP contribution in [0.4, 0.5) is 0 Å².